The lowest BCUT2D eigenvalue weighted by atomic mass is 10.2. The highest BCUT2D eigenvalue weighted by atomic mass is 35.5. The summed E-state index contributed by atoms with van der Waals surface area (Å²) in [5, 5.41) is 3.39. The molecule has 24 heavy (non-hydrogen) atoms. The zero-order chi connectivity index (χ0) is 17.4. The van der Waals surface area contributed by atoms with Crippen LogP contribution in [0.25, 0.3) is 0 Å². The van der Waals surface area contributed by atoms with Crippen molar-refractivity contribution in [3.8, 4) is 0 Å². The van der Waals surface area contributed by atoms with Gasteiger partial charge in [-0.1, -0.05) is 49.2 Å². The van der Waals surface area contributed by atoms with Crippen LogP contribution in [0.5, 0.6) is 0 Å². The Morgan fingerprint density at radius 2 is 1.96 bits per heavy atom. The highest BCUT2D eigenvalue weighted by molar-refractivity contribution is 6.30. The Balaban J connectivity index is 2.04. The molecule has 1 amide bonds. The van der Waals surface area contributed by atoms with Crippen LogP contribution in [0.15, 0.2) is 54.6 Å². The summed E-state index contributed by atoms with van der Waals surface area (Å²) in [5.41, 5.74) is 1.65. The quantitative estimate of drug-likeness (QED) is 0.669. The molecule has 128 valence electrons. The maximum Gasteiger partial charge on any atom is 0.413 e. The Hall–Kier alpha value is -2.20. The van der Waals surface area contributed by atoms with E-state index in [1.54, 1.807) is 0 Å². The average molecular weight is 347 g/mol. The first kappa shape index (κ1) is 18.1. The van der Waals surface area contributed by atoms with Crippen molar-refractivity contribution in [1.82, 2.24) is 0 Å². The van der Waals surface area contributed by atoms with Crippen molar-refractivity contribution in [3.63, 3.8) is 0 Å². The minimum Gasteiger partial charge on any atom is -0.425 e. The Kier molecular flexibility index (Phi) is 6.94. The van der Waals surface area contributed by atoms with E-state index in [9.17, 15) is 4.79 Å². The third-order valence-corrected chi connectivity index (χ3v) is 3.86. The number of unbranched alkanes of at least 4 members (excludes halogenated alkanes) is 1. The zero-order valence-corrected chi connectivity index (χ0v) is 14.8. The maximum absolute atomic E-state index is 12.1. The van der Waals surface area contributed by atoms with Gasteiger partial charge in [-0.3, -0.25) is 5.32 Å². The molecule has 2 aromatic rings. The fourth-order valence-corrected chi connectivity index (χ4v) is 2.58. The number of hydrogen-bond acceptors (Lipinski definition) is 3. The molecule has 1 unspecified atom stereocenters. The van der Waals surface area contributed by atoms with Crippen molar-refractivity contribution in [2.75, 3.05) is 16.8 Å². The van der Waals surface area contributed by atoms with Gasteiger partial charge >= 0.3 is 6.09 Å². The highest BCUT2D eigenvalue weighted by Crippen LogP contribution is 2.22. The van der Waals surface area contributed by atoms with E-state index >= 15 is 0 Å². The van der Waals surface area contributed by atoms with Gasteiger partial charge in [0, 0.05) is 22.9 Å². The molecule has 0 heterocycles. The zero-order valence-electron chi connectivity index (χ0n) is 14.0. The summed E-state index contributed by atoms with van der Waals surface area (Å²) in [6.45, 7) is 4.78. The predicted octanol–water partition coefficient (Wildman–Crippen LogP) is 5.54. The van der Waals surface area contributed by atoms with Gasteiger partial charge in [0.25, 0.3) is 0 Å². The standard InChI is InChI=1S/C19H23ClN2O2/c1-3-4-13-22(18-12-8-9-16(20)14-18)15(2)24-19(23)21-17-10-6-5-7-11-17/h5-12,14-15H,3-4,13H2,1-2H3,(H,21,23). The Labute approximate surface area is 148 Å². The Morgan fingerprint density at radius 3 is 2.62 bits per heavy atom. The van der Waals surface area contributed by atoms with Crippen LogP contribution in [0, 0.1) is 0 Å². The first-order valence-electron chi connectivity index (χ1n) is 8.15. The van der Waals surface area contributed by atoms with E-state index in [1.807, 2.05) is 66.4 Å². The molecule has 2 rings (SSSR count). The van der Waals surface area contributed by atoms with E-state index < -0.39 is 12.3 Å². The SMILES string of the molecule is CCCCN(c1cccc(Cl)c1)C(C)OC(=O)Nc1ccccc1. The first-order valence-corrected chi connectivity index (χ1v) is 8.53. The molecule has 2 aromatic carbocycles. The fourth-order valence-electron chi connectivity index (χ4n) is 2.39. The molecule has 0 aliphatic rings. The molecule has 0 aliphatic heterocycles. The summed E-state index contributed by atoms with van der Waals surface area (Å²) in [5.74, 6) is 0. The molecule has 1 N–H and O–H groups in total. The summed E-state index contributed by atoms with van der Waals surface area (Å²) in [6.07, 6.45) is 1.18. The van der Waals surface area contributed by atoms with Gasteiger partial charge in [-0.25, -0.2) is 4.79 Å². The lowest BCUT2D eigenvalue weighted by molar-refractivity contribution is 0.117. The van der Waals surface area contributed by atoms with E-state index in [0.29, 0.717) is 10.7 Å². The van der Waals surface area contributed by atoms with E-state index in [-0.39, 0.29) is 0 Å². The molecule has 0 aliphatic carbocycles. The monoisotopic (exact) mass is 346 g/mol. The van der Waals surface area contributed by atoms with Gasteiger partial charge in [0.1, 0.15) is 0 Å². The molecule has 0 fully saturated rings. The topological polar surface area (TPSA) is 41.6 Å². The summed E-state index contributed by atoms with van der Waals surface area (Å²) in [4.78, 5) is 14.2. The summed E-state index contributed by atoms with van der Waals surface area (Å²) in [6, 6.07) is 16.8. The van der Waals surface area contributed by atoms with Gasteiger partial charge in [0.05, 0.1) is 0 Å². The molecule has 0 bridgehead atoms. The molecule has 4 nitrogen and oxygen atoms in total. The fraction of sp³-hybridized carbons (Fsp3) is 0.316. The number of para-hydroxylation sites is 1. The number of amides is 1. The number of nitrogens with zero attached hydrogens (tertiary/aromatic N) is 1. The molecule has 0 aromatic heterocycles. The number of carbonyl (C=O) groups is 1. The minimum absolute atomic E-state index is 0.404. The van der Waals surface area contributed by atoms with Crippen LogP contribution in [0.4, 0.5) is 16.2 Å². The number of ether oxygens (including phenoxy) is 1. The molecular formula is C19H23ClN2O2. The van der Waals surface area contributed by atoms with Crippen molar-refractivity contribution >= 4 is 29.1 Å². The normalized spacial score (nSPS) is 11.6. The second-order valence-electron chi connectivity index (χ2n) is 5.52. The molecule has 1 atom stereocenters. The number of halogens is 1. The van der Waals surface area contributed by atoms with Crippen molar-refractivity contribution in [1.29, 1.82) is 0 Å². The highest BCUT2D eigenvalue weighted by Gasteiger charge is 2.18. The van der Waals surface area contributed by atoms with Crippen LogP contribution < -0.4 is 10.2 Å². The Morgan fingerprint density at radius 1 is 1.21 bits per heavy atom. The van der Waals surface area contributed by atoms with Crippen molar-refractivity contribution in [3.05, 3.63) is 59.6 Å². The van der Waals surface area contributed by atoms with Crippen LogP contribution >= 0.6 is 11.6 Å². The molecule has 0 spiro atoms. The third kappa shape index (κ3) is 5.46. The smallest absolute Gasteiger partial charge is 0.413 e. The summed E-state index contributed by atoms with van der Waals surface area (Å²) < 4.78 is 5.54. The number of anilines is 2. The van der Waals surface area contributed by atoms with Gasteiger partial charge in [-0.15, -0.1) is 0 Å². The first-order chi connectivity index (χ1) is 11.6. The van der Waals surface area contributed by atoms with Crippen LogP contribution in [-0.2, 0) is 4.74 Å². The lowest BCUT2D eigenvalue weighted by Crippen LogP contribution is -2.38. The molecule has 0 radical (unpaired) electrons. The second kappa shape index (κ2) is 9.18. The van der Waals surface area contributed by atoms with Crippen LogP contribution in [0.3, 0.4) is 0 Å². The summed E-state index contributed by atoms with van der Waals surface area (Å²) in [7, 11) is 0. The molecule has 0 saturated carbocycles. The lowest BCUT2D eigenvalue weighted by Gasteiger charge is -2.31. The Bertz CT molecular complexity index is 649. The minimum atomic E-state index is -0.475. The van der Waals surface area contributed by atoms with E-state index in [4.69, 9.17) is 16.3 Å². The van der Waals surface area contributed by atoms with Gasteiger partial charge in [-0.2, -0.15) is 0 Å². The number of rotatable bonds is 7. The van der Waals surface area contributed by atoms with Crippen molar-refractivity contribution < 1.29 is 9.53 Å². The van der Waals surface area contributed by atoms with E-state index in [0.717, 1.165) is 25.1 Å². The molecule has 0 saturated heterocycles. The third-order valence-electron chi connectivity index (χ3n) is 3.63. The number of benzene rings is 2. The van der Waals surface area contributed by atoms with Crippen molar-refractivity contribution in [2.24, 2.45) is 0 Å². The molecular weight excluding hydrogens is 324 g/mol. The van der Waals surface area contributed by atoms with Crippen molar-refractivity contribution in [2.45, 2.75) is 32.9 Å². The van der Waals surface area contributed by atoms with Crippen LogP contribution in [0.1, 0.15) is 26.7 Å². The van der Waals surface area contributed by atoms with Gasteiger partial charge in [0.2, 0.25) is 0 Å². The van der Waals surface area contributed by atoms with E-state index in [1.165, 1.54) is 0 Å². The number of carbonyl (C=O) groups excluding carboxylic acids is 1. The van der Waals surface area contributed by atoms with Crippen LogP contribution in [-0.4, -0.2) is 18.9 Å². The second-order valence-corrected chi connectivity index (χ2v) is 5.96. The number of nitrogens with one attached hydrogen (secondary N) is 1. The van der Waals surface area contributed by atoms with E-state index in [2.05, 4.69) is 12.2 Å². The van der Waals surface area contributed by atoms with Gasteiger partial charge < -0.3 is 9.64 Å². The molecule has 5 heteroatoms. The van der Waals surface area contributed by atoms with Gasteiger partial charge in [-0.05, 0) is 43.7 Å². The maximum atomic E-state index is 12.1. The number of hydrogen-bond donors (Lipinski definition) is 1. The summed E-state index contributed by atoms with van der Waals surface area (Å²) >= 11 is 6.09. The van der Waals surface area contributed by atoms with Gasteiger partial charge in [0.15, 0.2) is 6.23 Å². The predicted molar refractivity (Wildman–Crippen MR) is 99.7 cm³/mol. The average Bonchev–Trinajstić information content (AvgIpc) is 2.56. The van der Waals surface area contributed by atoms with Crippen LogP contribution in [0.2, 0.25) is 5.02 Å². The largest absolute Gasteiger partial charge is 0.425 e.